The maximum Gasteiger partial charge on any atom is 0.0626 e. The molecule has 1 aromatic rings. The molecule has 1 aliphatic rings. The van der Waals surface area contributed by atoms with E-state index in [0.29, 0.717) is 11.8 Å². The Kier molecular flexibility index (Phi) is 5.73. The van der Waals surface area contributed by atoms with Gasteiger partial charge in [0, 0.05) is 18.2 Å². The molecule has 0 aliphatic carbocycles. The molecule has 1 atom stereocenters. The maximum atomic E-state index is 8.23. The van der Waals surface area contributed by atoms with Crippen LogP contribution in [0.3, 0.4) is 0 Å². The van der Waals surface area contributed by atoms with Gasteiger partial charge in [-0.2, -0.15) is 0 Å². The molecule has 0 bridgehead atoms. The predicted molar refractivity (Wildman–Crippen MR) is 95.4 cm³/mol. The zero-order valence-corrected chi connectivity index (χ0v) is 13.4. The van der Waals surface area contributed by atoms with E-state index >= 15 is 0 Å². The molecule has 3 nitrogen and oxygen atoms in total. The third-order valence-corrected chi connectivity index (χ3v) is 3.98. The van der Waals surface area contributed by atoms with Crippen LogP contribution in [0.15, 0.2) is 49.2 Å². The molecular formula is C19H25N3. The number of aryl methyl sites for hydroxylation is 1. The lowest BCUT2D eigenvalue weighted by molar-refractivity contribution is 0.639. The minimum Gasteiger partial charge on any atom is -0.387 e. The molecule has 1 heterocycles. The average molecular weight is 295 g/mol. The van der Waals surface area contributed by atoms with Gasteiger partial charge >= 0.3 is 0 Å². The molecule has 1 aliphatic heterocycles. The molecule has 0 radical (unpaired) electrons. The molecule has 1 aromatic carbocycles. The van der Waals surface area contributed by atoms with Crippen LogP contribution in [0.5, 0.6) is 0 Å². The molecule has 0 saturated carbocycles. The lowest BCUT2D eigenvalue weighted by atomic mass is 9.97. The minimum absolute atomic E-state index is 0.482. The van der Waals surface area contributed by atoms with Crippen molar-refractivity contribution < 1.29 is 0 Å². The number of hydrogen-bond acceptors (Lipinski definition) is 3. The van der Waals surface area contributed by atoms with Crippen LogP contribution in [0, 0.1) is 12.3 Å². The maximum absolute atomic E-state index is 8.23. The van der Waals surface area contributed by atoms with E-state index in [1.807, 2.05) is 24.4 Å². The third-order valence-electron chi connectivity index (χ3n) is 3.98. The first-order valence-electron chi connectivity index (χ1n) is 7.74. The van der Waals surface area contributed by atoms with Crippen molar-refractivity contribution in [2.45, 2.75) is 26.3 Å². The van der Waals surface area contributed by atoms with Crippen molar-refractivity contribution in [2.75, 3.05) is 13.1 Å². The van der Waals surface area contributed by atoms with Crippen molar-refractivity contribution >= 4 is 11.3 Å². The summed E-state index contributed by atoms with van der Waals surface area (Å²) < 4.78 is 0. The Morgan fingerprint density at radius 3 is 2.95 bits per heavy atom. The van der Waals surface area contributed by atoms with Crippen molar-refractivity contribution in [3.05, 3.63) is 65.9 Å². The van der Waals surface area contributed by atoms with Crippen molar-refractivity contribution in [2.24, 2.45) is 0 Å². The average Bonchev–Trinajstić information content (AvgIpc) is 3.01. The molecule has 3 N–H and O–H groups in total. The fraction of sp³-hybridized carbons (Fsp3) is 0.316. The molecule has 1 saturated heterocycles. The van der Waals surface area contributed by atoms with Crippen LogP contribution in [0.1, 0.15) is 30.0 Å². The minimum atomic E-state index is 0.482. The summed E-state index contributed by atoms with van der Waals surface area (Å²) in [5, 5.41) is 14.9. The first-order valence-corrected chi connectivity index (χ1v) is 7.74. The number of rotatable bonds is 6. The largest absolute Gasteiger partial charge is 0.387 e. The summed E-state index contributed by atoms with van der Waals surface area (Å²) in [7, 11) is 0. The monoisotopic (exact) mass is 295 g/mol. The molecule has 0 amide bonds. The van der Waals surface area contributed by atoms with Crippen molar-refractivity contribution in [1.29, 1.82) is 5.41 Å². The van der Waals surface area contributed by atoms with Gasteiger partial charge in [-0.15, -0.1) is 0 Å². The first-order chi connectivity index (χ1) is 10.6. The van der Waals surface area contributed by atoms with Crippen LogP contribution in [0.25, 0.3) is 5.57 Å². The van der Waals surface area contributed by atoms with E-state index in [4.69, 9.17) is 5.41 Å². The van der Waals surface area contributed by atoms with Crippen LogP contribution < -0.4 is 10.6 Å². The zero-order valence-electron chi connectivity index (χ0n) is 13.4. The Balaban J connectivity index is 2.09. The summed E-state index contributed by atoms with van der Waals surface area (Å²) in [5.74, 6) is 0. The van der Waals surface area contributed by atoms with Gasteiger partial charge in [0.1, 0.15) is 0 Å². The van der Waals surface area contributed by atoms with Gasteiger partial charge in [0.2, 0.25) is 0 Å². The highest BCUT2D eigenvalue weighted by atomic mass is 15.0. The zero-order chi connectivity index (χ0) is 15.9. The lowest BCUT2D eigenvalue weighted by Crippen LogP contribution is -2.26. The van der Waals surface area contributed by atoms with E-state index < -0.39 is 0 Å². The summed E-state index contributed by atoms with van der Waals surface area (Å²) in [6.45, 7) is 9.98. The van der Waals surface area contributed by atoms with Crippen LogP contribution in [-0.2, 0) is 0 Å². The highest BCUT2D eigenvalue weighted by Crippen LogP contribution is 2.20. The highest BCUT2D eigenvalue weighted by molar-refractivity contribution is 6.06. The standard InChI is InChI=1S/C19H25N3/c1-4-5-14(2)18-12-16(7-6-15(18)3)19(20)9-11-22-17-8-10-21-13-17/h4-7,9,11-12,17,20-22H,1,8,10,13H2,2-3H3/b11-9-,14-5+,20-19?. The second-order valence-electron chi connectivity index (χ2n) is 5.72. The Morgan fingerprint density at radius 2 is 2.27 bits per heavy atom. The molecular weight excluding hydrogens is 270 g/mol. The second kappa shape index (κ2) is 7.76. The predicted octanol–water partition coefficient (Wildman–Crippen LogP) is 3.42. The summed E-state index contributed by atoms with van der Waals surface area (Å²) in [6.07, 6.45) is 8.66. The molecule has 116 valence electrons. The lowest BCUT2D eigenvalue weighted by Gasteiger charge is -2.10. The fourth-order valence-electron chi connectivity index (χ4n) is 2.64. The van der Waals surface area contributed by atoms with E-state index in [-0.39, 0.29) is 0 Å². The van der Waals surface area contributed by atoms with E-state index in [1.165, 1.54) is 16.7 Å². The van der Waals surface area contributed by atoms with E-state index in [0.717, 1.165) is 25.1 Å². The molecule has 0 aromatic heterocycles. The molecule has 1 fully saturated rings. The third kappa shape index (κ3) is 4.18. The van der Waals surface area contributed by atoms with Gasteiger partial charge in [0.25, 0.3) is 0 Å². The SMILES string of the molecule is C=C/C=C(\C)c1cc(C(=N)/C=C\NC2CCNC2)ccc1C. The first kappa shape index (κ1) is 16.2. The Bertz CT molecular complexity index is 605. The smallest absolute Gasteiger partial charge is 0.0626 e. The van der Waals surface area contributed by atoms with E-state index in [9.17, 15) is 0 Å². The second-order valence-corrected chi connectivity index (χ2v) is 5.72. The summed E-state index contributed by atoms with van der Waals surface area (Å²) in [4.78, 5) is 0. The van der Waals surface area contributed by atoms with E-state index in [1.54, 1.807) is 6.08 Å². The van der Waals surface area contributed by atoms with Crippen molar-refractivity contribution in [3.63, 3.8) is 0 Å². The summed E-state index contributed by atoms with van der Waals surface area (Å²) in [6, 6.07) is 6.63. The number of benzene rings is 1. The van der Waals surface area contributed by atoms with Crippen molar-refractivity contribution in [1.82, 2.24) is 10.6 Å². The molecule has 1 unspecified atom stereocenters. The topological polar surface area (TPSA) is 47.9 Å². The fourth-order valence-corrected chi connectivity index (χ4v) is 2.64. The van der Waals surface area contributed by atoms with Gasteiger partial charge in [-0.1, -0.05) is 30.9 Å². The quantitative estimate of drug-likeness (QED) is 0.556. The van der Waals surface area contributed by atoms with E-state index in [2.05, 4.69) is 43.2 Å². The van der Waals surface area contributed by atoms with Crippen LogP contribution in [0.2, 0.25) is 0 Å². The summed E-state index contributed by atoms with van der Waals surface area (Å²) >= 11 is 0. The number of allylic oxidation sites excluding steroid dienone is 4. The normalized spacial score (nSPS) is 18.6. The Morgan fingerprint density at radius 1 is 1.45 bits per heavy atom. The van der Waals surface area contributed by atoms with Crippen LogP contribution >= 0.6 is 0 Å². The number of hydrogen-bond donors (Lipinski definition) is 3. The van der Waals surface area contributed by atoms with Gasteiger partial charge in [-0.05, 0) is 61.9 Å². The molecule has 22 heavy (non-hydrogen) atoms. The highest BCUT2D eigenvalue weighted by Gasteiger charge is 2.11. The summed E-state index contributed by atoms with van der Waals surface area (Å²) in [5.41, 5.74) is 5.00. The van der Waals surface area contributed by atoms with Crippen molar-refractivity contribution in [3.8, 4) is 0 Å². The molecule has 0 spiro atoms. The van der Waals surface area contributed by atoms with Crippen LogP contribution in [-0.4, -0.2) is 24.8 Å². The van der Waals surface area contributed by atoms with Gasteiger partial charge in [-0.25, -0.2) is 0 Å². The Labute approximate surface area is 133 Å². The van der Waals surface area contributed by atoms with Gasteiger partial charge in [0.05, 0.1) is 5.71 Å². The van der Waals surface area contributed by atoms with Gasteiger partial charge in [0.15, 0.2) is 0 Å². The molecule has 3 heteroatoms. The molecule has 2 rings (SSSR count). The van der Waals surface area contributed by atoms with Crippen LogP contribution in [0.4, 0.5) is 0 Å². The van der Waals surface area contributed by atoms with Gasteiger partial charge < -0.3 is 16.0 Å². The number of nitrogens with one attached hydrogen (secondary N) is 3. The Hall–Kier alpha value is -2.13. The van der Waals surface area contributed by atoms with Gasteiger partial charge in [-0.3, -0.25) is 0 Å².